The second-order valence-electron chi connectivity index (χ2n) is 6.04. The Kier molecular flexibility index (Phi) is 7.13. The van der Waals surface area contributed by atoms with Crippen molar-refractivity contribution in [2.45, 2.75) is 30.8 Å². The quantitative estimate of drug-likeness (QED) is 0.645. The van der Waals surface area contributed by atoms with Gasteiger partial charge in [0.2, 0.25) is 10.0 Å². The molecule has 2 aromatic rings. The van der Waals surface area contributed by atoms with Crippen LogP contribution in [0.4, 0.5) is 5.69 Å². The van der Waals surface area contributed by atoms with E-state index >= 15 is 0 Å². The molecule has 1 amide bonds. The lowest BCUT2D eigenvalue weighted by Crippen LogP contribution is -2.30. The van der Waals surface area contributed by atoms with Crippen LogP contribution in [0.5, 0.6) is 5.75 Å². The molecule has 0 unspecified atom stereocenters. The van der Waals surface area contributed by atoms with Crippen molar-refractivity contribution in [1.29, 1.82) is 0 Å². The standard InChI is InChI=1S/C19H22N2O6S/c1-13(19(23)21-15-4-3-5-17(12-15)28(20,24)25)27-18(22)11-8-14-6-9-16(26-2)10-7-14/h3-7,9-10,12-13H,8,11H2,1-2H3,(H,21,23)(H2,20,24,25)/t13-/m0/s1. The van der Waals surface area contributed by atoms with Crippen molar-refractivity contribution in [2.75, 3.05) is 12.4 Å². The summed E-state index contributed by atoms with van der Waals surface area (Å²) in [7, 11) is -2.31. The van der Waals surface area contributed by atoms with Crippen LogP contribution >= 0.6 is 0 Å². The van der Waals surface area contributed by atoms with Crippen LogP contribution in [0, 0.1) is 0 Å². The number of hydrogen-bond donors (Lipinski definition) is 2. The van der Waals surface area contributed by atoms with E-state index in [0.717, 1.165) is 11.3 Å². The Morgan fingerprint density at radius 3 is 2.43 bits per heavy atom. The molecule has 2 aromatic carbocycles. The molecule has 3 N–H and O–H groups in total. The van der Waals surface area contributed by atoms with Gasteiger partial charge in [0.05, 0.1) is 12.0 Å². The largest absolute Gasteiger partial charge is 0.497 e. The molecular weight excluding hydrogens is 384 g/mol. The molecule has 0 radical (unpaired) electrons. The van der Waals surface area contributed by atoms with Crippen LogP contribution in [-0.4, -0.2) is 33.5 Å². The molecule has 8 nitrogen and oxygen atoms in total. The number of hydrogen-bond acceptors (Lipinski definition) is 6. The maximum atomic E-state index is 12.2. The first-order valence-electron chi connectivity index (χ1n) is 8.45. The number of carbonyl (C=O) groups excluding carboxylic acids is 2. The second-order valence-corrected chi connectivity index (χ2v) is 7.60. The Balaban J connectivity index is 1.86. The van der Waals surface area contributed by atoms with Crippen LogP contribution in [0.25, 0.3) is 0 Å². The summed E-state index contributed by atoms with van der Waals surface area (Å²) in [4.78, 5) is 24.0. The molecule has 0 spiro atoms. The Labute approximate surface area is 163 Å². The molecule has 0 aromatic heterocycles. The van der Waals surface area contributed by atoms with Gasteiger partial charge in [0.15, 0.2) is 6.10 Å². The summed E-state index contributed by atoms with van der Waals surface area (Å²) in [6.45, 7) is 1.43. The van der Waals surface area contributed by atoms with Crippen LogP contribution in [0.3, 0.4) is 0 Å². The average Bonchev–Trinajstić information content (AvgIpc) is 2.66. The first-order valence-corrected chi connectivity index (χ1v) is 10.00. The number of anilines is 1. The molecule has 0 aliphatic rings. The van der Waals surface area contributed by atoms with Gasteiger partial charge >= 0.3 is 5.97 Å². The monoisotopic (exact) mass is 406 g/mol. The van der Waals surface area contributed by atoms with Crippen LogP contribution in [-0.2, 0) is 30.8 Å². The molecule has 0 fully saturated rings. The van der Waals surface area contributed by atoms with Crippen molar-refractivity contribution < 1.29 is 27.5 Å². The zero-order valence-corrected chi connectivity index (χ0v) is 16.4. The number of primary sulfonamides is 1. The lowest BCUT2D eigenvalue weighted by atomic mass is 10.1. The van der Waals surface area contributed by atoms with E-state index in [0.29, 0.717) is 6.42 Å². The molecule has 0 saturated heterocycles. The number of sulfonamides is 1. The molecule has 0 aliphatic heterocycles. The van der Waals surface area contributed by atoms with Gasteiger partial charge in [0, 0.05) is 12.1 Å². The highest BCUT2D eigenvalue weighted by Crippen LogP contribution is 2.15. The number of carbonyl (C=O) groups is 2. The van der Waals surface area contributed by atoms with Gasteiger partial charge in [-0.05, 0) is 49.2 Å². The van der Waals surface area contributed by atoms with Crippen LogP contribution in [0.2, 0.25) is 0 Å². The fourth-order valence-corrected chi connectivity index (χ4v) is 2.90. The van der Waals surface area contributed by atoms with E-state index in [9.17, 15) is 18.0 Å². The third-order valence-corrected chi connectivity index (χ3v) is 4.80. The molecule has 1 atom stereocenters. The van der Waals surface area contributed by atoms with Crippen molar-refractivity contribution in [3.63, 3.8) is 0 Å². The first-order chi connectivity index (χ1) is 13.2. The fraction of sp³-hybridized carbons (Fsp3) is 0.263. The minimum atomic E-state index is -3.88. The van der Waals surface area contributed by atoms with Crippen molar-refractivity contribution in [1.82, 2.24) is 0 Å². The number of amides is 1. The topological polar surface area (TPSA) is 125 Å². The smallest absolute Gasteiger partial charge is 0.306 e. The number of nitrogens with two attached hydrogens (primary N) is 1. The second kappa shape index (κ2) is 9.34. The minimum absolute atomic E-state index is 0.116. The molecule has 0 bridgehead atoms. The van der Waals surface area contributed by atoms with Gasteiger partial charge in [-0.25, -0.2) is 13.6 Å². The summed E-state index contributed by atoms with van der Waals surface area (Å²) in [5, 5.41) is 7.56. The third kappa shape index (κ3) is 6.36. The highest BCUT2D eigenvalue weighted by atomic mass is 32.2. The Hall–Kier alpha value is -2.91. The van der Waals surface area contributed by atoms with E-state index in [1.807, 2.05) is 12.1 Å². The number of ether oxygens (including phenoxy) is 2. The van der Waals surface area contributed by atoms with Gasteiger partial charge in [-0.2, -0.15) is 0 Å². The molecule has 2 rings (SSSR count). The summed E-state index contributed by atoms with van der Waals surface area (Å²) < 4.78 is 32.9. The van der Waals surface area contributed by atoms with Crippen LogP contribution in [0.1, 0.15) is 18.9 Å². The number of benzene rings is 2. The predicted octanol–water partition coefficient (Wildman–Crippen LogP) is 1.85. The lowest BCUT2D eigenvalue weighted by Gasteiger charge is -2.14. The number of rotatable bonds is 8. The zero-order chi connectivity index (χ0) is 20.7. The maximum absolute atomic E-state index is 12.2. The predicted molar refractivity (Wildman–Crippen MR) is 103 cm³/mol. The minimum Gasteiger partial charge on any atom is -0.497 e. The average molecular weight is 406 g/mol. The summed E-state index contributed by atoms with van der Waals surface area (Å²) in [5.41, 5.74) is 1.17. The maximum Gasteiger partial charge on any atom is 0.306 e. The van der Waals surface area contributed by atoms with Gasteiger partial charge < -0.3 is 14.8 Å². The highest BCUT2D eigenvalue weighted by molar-refractivity contribution is 7.89. The van der Waals surface area contributed by atoms with Crippen molar-refractivity contribution in [3.05, 3.63) is 54.1 Å². The first kappa shape index (κ1) is 21.4. The normalized spacial score (nSPS) is 12.1. The Bertz CT molecular complexity index is 941. The summed E-state index contributed by atoms with van der Waals surface area (Å²) >= 11 is 0. The molecule has 9 heteroatoms. The molecule has 150 valence electrons. The molecule has 0 saturated carbocycles. The Morgan fingerprint density at radius 2 is 1.82 bits per heavy atom. The number of methoxy groups -OCH3 is 1. The van der Waals surface area contributed by atoms with Gasteiger partial charge in [-0.1, -0.05) is 18.2 Å². The van der Waals surface area contributed by atoms with Crippen LogP contribution in [0.15, 0.2) is 53.4 Å². The van der Waals surface area contributed by atoms with Gasteiger partial charge in [0.1, 0.15) is 5.75 Å². The van der Waals surface area contributed by atoms with Gasteiger partial charge in [-0.15, -0.1) is 0 Å². The van der Waals surface area contributed by atoms with E-state index in [1.54, 1.807) is 19.2 Å². The molecule has 28 heavy (non-hydrogen) atoms. The number of nitrogens with one attached hydrogen (secondary N) is 1. The van der Waals surface area contributed by atoms with E-state index in [-0.39, 0.29) is 17.0 Å². The third-order valence-electron chi connectivity index (χ3n) is 3.88. The number of esters is 1. The van der Waals surface area contributed by atoms with E-state index in [1.165, 1.54) is 31.2 Å². The van der Waals surface area contributed by atoms with E-state index in [4.69, 9.17) is 14.6 Å². The van der Waals surface area contributed by atoms with Crippen LogP contribution < -0.4 is 15.2 Å². The van der Waals surface area contributed by atoms with Gasteiger partial charge in [-0.3, -0.25) is 9.59 Å². The molecule has 0 heterocycles. The zero-order valence-electron chi connectivity index (χ0n) is 15.5. The van der Waals surface area contributed by atoms with E-state index in [2.05, 4.69) is 5.32 Å². The van der Waals surface area contributed by atoms with Crippen molar-refractivity contribution in [2.24, 2.45) is 5.14 Å². The summed E-state index contributed by atoms with van der Waals surface area (Å²) in [6, 6.07) is 12.8. The number of aryl methyl sites for hydroxylation is 1. The fourth-order valence-electron chi connectivity index (χ4n) is 2.34. The lowest BCUT2D eigenvalue weighted by molar-refractivity contribution is -0.153. The Morgan fingerprint density at radius 1 is 1.14 bits per heavy atom. The van der Waals surface area contributed by atoms with Gasteiger partial charge in [0.25, 0.3) is 5.91 Å². The molecular formula is C19H22N2O6S. The summed E-state index contributed by atoms with van der Waals surface area (Å²) in [6.07, 6.45) is -0.459. The highest BCUT2D eigenvalue weighted by Gasteiger charge is 2.18. The van der Waals surface area contributed by atoms with E-state index < -0.39 is 28.0 Å². The van der Waals surface area contributed by atoms with Crippen molar-refractivity contribution in [3.8, 4) is 5.75 Å². The SMILES string of the molecule is COc1ccc(CCC(=O)O[C@@H](C)C(=O)Nc2cccc(S(N)(=O)=O)c2)cc1. The van der Waals surface area contributed by atoms with Crippen molar-refractivity contribution >= 4 is 27.6 Å². The molecule has 0 aliphatic carbocycles. The summed E-state index contributed by atoms with van der Waals surface area (Å²) in [5.74, 6) is -0.371.